The van der Waals surface area contributed by atoms with Crippen LogP contribution in [0.15, 0.2) is 18.2 Å². The molecule has 0 fully saturated rings. The third-order valence-corrected chi connectivity index (χ3v) is 4.91. The van der Waals surface area contributed by atoms with E-state index in [-0.39, 0.29) is 24.4 Å². The predicted molar refractivity (Wildman–Crippen MR) is 127 cm³/mol. The Morgan fingerprint density at radius 1 is 1.06 bits per heavy atom. The van der Waals surface area contributed by atoms with Crippen LogP contribution < -0.4 is 10.6 Å². The summed E-state index contributed by atoms with van der Waals surface area (Å²) < 4.78 is 5.25. The second-order valence-electron chi connectivity index (χ2n) is 9.52. The Labute approximate surface area is 193 Å². The van der Waals surface area contributed by atoms with Gasteiger partial charge in [0.2, 0.25) is 11.8 Å². The van der Waals surface area contributed by atoms with Crippen LogP contribution in [-0.4, -0.2) is 47.5 Å². The minimum Gasteiger partial charge on any atom is -0.444 e. The first-order chi connectivity index (χ1) is 14.9. The lowest BCUT2D eigenvalue weighted by Crippen LogP contribution is -2.49. The van der Waals surface area contributed by atoms with E-state index in [0.717, 1.165) is 36.0 Å². The molecule has 0 aliphatic rings. The van der Waals surface area contributed by atoms with Gasteiger partial charge >= 0.3 is 6.09 Å². The summed E-state index contributed by atoms with van der Waals surface area (Å²) in [7, 11) is 0. The molecule has 7 heteroatoms. The zero-order valence-corrected chi connectivity index (χ0v) is 21.0. The molecular weight excluding hydrogens is 406 g/mol. The Hall–Kier alpha value is -2.57. The molecule has 1 aromatic carbocycles. The van der Waals surface area contributed by atoms with Crippen LogP contribution in [0.3, 0.4) is 0 Å². The quantitative estimate of drug-likeness (QED) is 0.520. The Morgan fingerprint density at radius 2 is 1.66 bits per heavy atom. The van der Waals surface area contributed by atoms with Gasteiger partial charge in [-0.25, -0.2) is 4.79 Å². The van der Waals surface area contributed by atoms with Crippen molar-refractivity contribution in [3.8, 4) is 0 Å². The SMILES string of the molecule is CCCCCN(C(=O)CNC(=O)OC(C)(C)C)C(C(=O)NC(C)C)c1c(C)cccc1C. The molecule has 1 atom stereocenters. The highest BCUT2D eigenvalue weighted by molar-refractivity contribution is 5.91. The van der Waals surface area contributed by atoms with E-state index in [1.807, 2.05) is 45.9 Å². The van der Waals surface area contributed by atoms with Crippen molar-refractivity contribution < 1.29 is 19.1 Å². The van der Waals surface area contributed by atoms with Crippen molar-refractivity contribution in [3.63, 3.8) is 0 Å². The summed E-state index contributed by atoms with van der Waals surface area (Å²) in [6.45, 7) is 15.3. The average molecular weight is 448 g/mol. The second kappa shape index (κ2) is 12.5. The minimum absolute atomic E-state index is 0.0678. The van der Waals surface area contributed by atoms with Crippen molar-refractivity contribution in [1.82, 2.24) is 15.5 Å². The third-order valence-electron chi connectivity index (χ3n) is 4.91. The van der Waals surface area contributed by atoms with E-state index in [4.69, 9.17) is 4.74 Å². The van der Waals surface area contributed by atoms with Gasteiger partial charge in [0.05, 0.1) is 0 Å². The van der Waals surface area contributed by atoms with Crippen LogP contribution in [0.2, 0.25) is 0 Å². The van der Waals surface area contributed by atoms with Gasteiger partial charge < -0.3 is 20.3 Å². The molecule has 2 N–H and O–H groups in total. The molecule has 0 aromatic heterocycles. The first-order valence-electron chi connectivity index (χ1n) is 11.5. The van der Waals surface area contributed by atoms with Crippen molar-refractivity contribution in [3.05, 3.63) is 34.9 Å². The average Bonchev–Trinajstić information content (AvgIpc) is 2.65. The fraction of sp³-hybridized carbons (Fsp3) is 0.640. The van der Waals surface area contributed by atoms with Gasteiger partial charge in [0, 0.05) is 12.6 Å². The van der Waals surface area contributed by atoms with Gasteiger partial charge in [0.15, 0.2) is 0 Å². The molecule has 1 unspecified atom stereocenters. The molecule has 1 aromatic rings. The molecular formula is C25H41N3O4. The maximum atomic E-state index is 13.3. The van der Waals surface area contributed by atoms with Crippen LogP contribution >= 0.6 is 0 Å². The Morgan fingerprint density at radius 3 is 2.16 bits per heavy atom. The number of aryl methyl sites for hydroxylation is 2. The standard InChI is InChI=1S/C25H41N3O4/c1-9-10-11-15-28(20(29)16-26-24(31)32-25(6,7)8)22(23(30)27-17(2)3)21-18(4)13-12-14-19(21)5/h12-14,17,22H,9-11,15-16H2,1-8H3,(H,26,31)(H,27,30). The lowest BCUT2D eigenvalue weighted by atomic mass is 9.93. The summed E-state index contributed by atoms with van der Waals surface area (Å²) in [6.07, 6.45) is 2.04. The zero-order chi connectivity index (χ0) is 24.5. The second-order valence-corrected chi connectivity index (χ2v) is 9.52. The Bertz CT molecular complexity index is 764. The van der Waals surface area contributed by atoms with Gasteiger partial charge in [0.1, 0.15) is 18.2 Å². The van der Waals surface area contributed by atoms with E-state index in [1.54, 1.807) is 25.7 Å². The lowest BCUT2D eigenvalue weighted by Gasteiger charge is -2.34. The van der Waals surface area contributed by atoms with E-state index >= 15 is 0 Å². The molecule has 180 valence electrons. The van der Waals surface area contributed by atoms with Crippen LogP contribution in [0.4, 0.5) is 4.79 Å². The number of hydrogen-bond donors (Lipinski definition) is 2. The van der Waals surface area contributed by atoms with Gasteiger partial charge in [-0.2, -0.15) is 0 Å². The number of nitrogens with zero attached hydrogens (tertiary/aromatic N) is 1. The number of amides is 3. The molecule has 1 rings (SSSR count). The minimum atomic E-state index is -0.775. The molecule has 0 bridgehead atoms. The van der Waals surface area contributed by atoms with Gasteiger partial charge in [-0.1, -0.05) is 38.0 Å². The molecule has 7 nitrogen and oxygen atoms in total. The third kappa shape index (κ3) is 8.89. The van der Waals surface area contributed by atoms with Crippen LogP contribution in [0.1, 0.15) is 83.5 Å². The number of hydrogen-bond acceptors (Lipinski definition) is 4. The fourth-order valence-electron chi connectivity index (χ4n) is 3.54. The van der Waals surface area contributed by atoms with Gasteiger partial charge in [-0.15, -0.1) is 0 Å². The van der Waals surface area contributed by atoms with Crippen molar-refractivity contribution in [2.24, 2.45) is 0 Å². The number of benzene rings is 1. The van der Waals surface area contributed by atoms with Gasteiger partial charge in [-0.3, -0.25) is 9.59 Å². The topological polar surface area (TPSA) is 87.7 Å². The van der Waals surface area contributed by atoms with E-state index in [9.17, 15) is 14.4 Å². The summed E-state index contributed by atoms with van der Waals surface area (Å²) in [5, 5.41) is 5.51. The molecule has 0 saturated heterocycles. The maximum Gasteiger partial charge on any atom is 0.408 e. The number of nitrogens with one attached hydrogen (secondary N) is 2. The normalized spacial score (nSPS) is 12.3. The van der Waals surface area contributed by atoms with Crippen molar-refractivity contribution in [2.45, 2.75) is 92.3 Å². The van der Waals surface area contributed by atoms with E-state index < -0.39 is 17.7 Å². The van der Waals surface area contributed by atoms with Crippen LogP contribution in [0.25, 0.3) is 0 Å². The van der Waals surface area contributed by atoms with Crippen LogP contribution in [0.5, 0.6) is 0 Å². The first kappa shape index (κ1) is 27.5. The highest BCUT2D eigenvalue weighted by Gasteiger charge is 2.33. The van der Waals surface area contributed by atoms with Crippen LogP contribution in [-0.2, 0) is 14.3 Å². The van der Waals surface area contributed by atoms with Crippen molar-refractivity contribution >= 4 is 17.9 Å². The number of rotatable bonds is 10. The molecule has 0 saturated carbocycles. The summed E-state index contributed by atoms with van der Waals surface area (Å²) in [5.74, 6) is -0.543. The van der Waals surface area contributed by atoms with E-state index in [0.29, 0.717) is 6.54 Å². The molecule has 0 aliphatic heterocycles. The van der Waals surface area contributed by atoms with Gasteiger partial charge in [0.25, 0.3) is 0 Å². The maximum absolute atomic E-state index is 13.3. The molecule has 32 heavy (non-hydrogen) atoms. The van der Waals surface area contributed by atoms with Crippen molar-refractivity contribution in [1.29, 1.82) is 0 Å². The fourth-order valence-corrected chi connectivity index (χ4v) is 3.54. The Kier molecular flexibility index (Phi) is 10.7. The van der Waals surface area contributed by atoms with Crippen LogP contribution in [0, 0.1) is 13.8 Å². The molecule has 0 aliphatic carbocycles. The lowest BCUT2D eigenvalue weighted by molar-refractivity contribution is -0.140. The Balaban J connectivity index is 3.28. The highest BCUT2D eigenvalue weighted by Crippen LogP contribution is 2.28. The first-order valence-corrected chi connectivity index (χ1v) is 11.5. The summed E-state index contributed by atoms with van der Waals surface area (Å²) in [4.78, 5) is 40.3. The number of carbonyl (C=O) groups is 3. The molecule has 3 amide bonds. The highest BCUT2D eigenvalue weighted by atomic mass is 16.6. The van der Waals surface area contributed by atoms with E-state index in [1.165, 1.54) is 0 Å². The largest absolute Gasteiger partial charge is 0.444 e. The number of unbranched alkanes of at least 4 members (excludes halogenated alkanes) is 2. The summed E-state index contributed by atoms with van der Waals surface area (Å²) in [5.41, 5.74) is 2.06. The van der Waals surface area contributed by atoms with Crippen molar-refractivity contribution in [2.75, 3.05) is 13.1 Å². The van der Waals surface area contributed by atoms with E-state index in [2.05, 4.69) is 17.6 Å². The molecule has 0 spiro atoms. The molecule has 0 heterocycles. The summed E-state index contributed by atoms with van der Waals surface area (Å²) in [6, 6.07) is 5.00. The molecule has 0 radical (unpaired) electrons. The van der Waals surface area contributed by atoms with Gasteiger partial charge in [-0.05, 0) is 71.6 Å². The number of carbonyl (C=O) groups excluding carboxylic acids is 3. The predicted octanol–water partition coefficient (Wildman–Crippen LogP) is 4.41. The number of ether oxygens (including phenoxy) is 1. The smallest absolute Gasteiger partial charge is 0.408 e. The zero-order valence-electron chi connectivity index (χ0n) is 21.0. The monoisotopic (exact) mass is 447 g/mol. The number of alkyl carbamates (subject to hydrolysis) is 1. The summed E-state index contributed by atoms with van der Waals surface area (Å²) >= 11 is 0.